The van der Waals surface area contributed by atoms with Crippen molar-refractivity contribution < 1.29 is 23.5 Å². The number of aromatic nitrogens is 2. The number of amides is 1. The van der Waals surface area contributed by atoms with Gasteiger partial charge in [0, 0.05) is 23.9 Å². The molecule has 1 aliphatic rings. The van der Waals surface area contributed by atoms with Gasteiger partial charge in [-0.3, -0.25) is 9.59 Å². The van der Waals surface area contributed by atoms with Crippen molar-refractivity contribution in [1.82, 2.24) is 15.1 Å². The number of carbonyl (C=O) groups excluding carboxylic acids is 2. The van der Waals surface area contributed by atoms with Crippen LogP contribution in [0.1, 0.15) is 67.1 Å². The third-order valence-corrected chi connectivity index (χ3v) is 6.28. The topological polar surface area (TPSA) is 82.5 Å². The smallest absolute Gasteiger partial charge is 0.307 e. The number of alkyl halides is 1. The highest BCUT2D eigenvalue weighted by molar-refractivity contribution is 5.94. The molecule has 1 aliphatic carbocycles. The summed E-state index contributed by atoms with van der Waals surface area (Å²) in [5.74, 6) is 0.768. The summed E-state index contributed by atoms with van der Waals surface area (Å²) in [5, 5.41) is 7.00. The van der Waals surface area contributed by atoms with Crippen molar-refractivity contribution in [3.63, 3.8) is 0 Å². The number of benzene rings is 2. The summed E-state index contributed by atoms with van der Waals surface area (Å²) in [5.41, 5.74) is 1.41. The summed E-state index contributed by atoms with van der Waals surface area (Å²) < 4.78 is 26.8. The van der Waals surface area contributed by atoms with E-state index in [2.05, 4.69) is 15.2 Å². The highest BCUT2D eigenvalue weighted by Crippen LogP contribution is 2.39. The molecule has 0 aliphatic heterocycles. The van der Waals surface area contributed by atoms with Gasteiger partial charge in [-0.1, -0.05) is 25.0 Å². The zero-order valence-corrected chi connectivity index (χ0v) is 20.9. The van der Waals surface area contributed by atoms with Gasteiger partial charge in [0.2, 0.25) is 0 Å². The summed E-state index contributed by atoms with van der Waals surface area (Å²) in [7, 11) is 1.32. The van der Waals surface area contributed by atoms with Crippen LogP contribution in [0.25, 0.3) is 5.69 Å². The maximum absolute atomic E-state index is 14.2. The van der Waals surface area contributed by atoms with Gasteiger partial charge < -0.3 is 14.8 Å². The first-order valence-corrected chi connectivity index (χ1v) is 12.2. The molecule has 1 atom stereocenters. The third kappa shape index (κ3) is 6.71. The Morgan fingerprint density at radius 3 is 2.42 bits per heavy atom. The lowest BCUT2D eigenvalue weighted by molar-refractivity contribution is -0.140. The van der Waals surface area contributed by atoms with E-state index in [0.29, 0.717) is 17.0 Å². The molecule has 0 spiro atoms. The Balaban J connectivity index is 1.41. The van der Waals surface area contributed by atoms with Gasteiger partial charge in [0.25, 0.3) is 5.91 Å². The summed E-state index contributed by atoms with van der Waals surface area (Å²) in [6.07, 6.45) is 6.53. The number of rotatable bonds is 11. The molecule has 1 amide bonds. The van der Waals surface area contributed by atoms with Crippen LogP contribution in [0.5, 0.6) is 5.75 Å². The predicted molar refractivity (Wildman–Crippen MR) is 134 cm³/mol. The Bertz CT molecular complexity index is 1180. The Kier molecular flexibility index (Phi) is 7.72. The van der Waals surface area contributed by atoms with Gasteiger partial charge in [0.1, 0.15) is 17.5 Å². The Hall–Kier alpha value is -3.68. The van der Waals surface area contributed by atoms with Crippen LogP contribution < -0.4 is 10.1 Å². The van der Waals surface area contributed by atoms with Gasteiger partial charge in [0.05, 0.1) is 25.4 Å². The predicted octanol–water partition coefficient (Wildman–Crippen LogP) is 5.29. The number of ether oxygens (including phenoxy) is 2. The van der Waals surface area contributed by atoms with Crippen LogP contribution in [0.2, 0.25) is 0 Å². The SMILES string of the molecule is COC(=O)CCNC(=O)c1ccc(C(CC2CC2)Oc2ccc(-n3cc(C(C)(C)F)cn3)cc2)cc1. The van der Waals surface area contributed by atoms with E-state index < -0.39 is 5.67 Å². The fourth-order valence-corrected chi connectivity index (χ4v) is 3.85. The molecule has 1 heterocycles. The molecule has 1 aromatic heterocycles. The normalized spacial score (nSPS) is 14.2. The molecule has 1 saturated carbocycles. The second kappa shape index (κ2) is 10.9. The lowest BCUT2D eigenvalue weighted by Crippen LogP contribution is -2.26. The van der Waals surface area contributed by atoms with Crippen molar-refractivity contribution in [3.05, 3.63) is 77.6 Å². The zero-order valence-electron chi connectivity index (χ0n) is 20.9. The number of methoxy groups -OCH3 is 1. The number of nitrogens with one attached hydrogen (secondary N) is 1. The van der Waals surface area contributed by atoms with E-state index in [9.17, 15) is 14.0 Å². The average molecular weight is 494 g/mol. The minimum absolute atomic E-state index is 0.131. The first-order valence-electron chi connectivity index (χ1n) is 12.2. The van der Waals surface area contributed by atoms with E-state index in [1.54, 1.807) is 29.2 Å². The van der Waals surface area contributed by atoms with E-state index >= 15 is 0 Å². The molecule has 1 N–H and O–H groups in total. The highest BCUT2D eigenvalue weighted by atomic mass is 19.1. The Morgan fingerprint density at radius 1 is 1.14 bits per heavy atom. The fourth-order valence-electron chi connectivity index (χ4n) is 3.85. The Morgan fingerprint density at radius 2 is 1.83 bits per heavy atom. The van der Waals surface area contributed by atoms with Crippen LogP contribution in [0.4, 0.5) is 4.39 Å². The summed E-state index contributed by atoms with van der Waals surface area (Å²) >= 11 is 0. The molecule has 8 heteroatoms. The lowest BCUT2D eigenvalue weighted by Gasteiger charge is -2.20. The van der Waals surface area contributed by atoms with Crippen molar-refractivity contribution in [1.29, 1.82) is 0 Å². The van der Waals surface area contributed by atoms with Crippen molar-refractivity contribution >= 4 is 11.9 Å². The van der Waals surface area contributed by atoms with Crippen LogP contribution in [-0.4, -0.2) is 35.3 Å². The van der Waals surface area contributed by atoms with E-state index in [1.165, 1.54) is 33.8 Å². The number of hydrogen-bond donors (Lipinski definition) is 1. The molecule has 1 unspecified atom stereocenters. The minimum Gasteiger partial charge on any atom is -0.486 e. The van der Waals surface area contributed by atoms with Gasteiger partial charge in [-0.2, -0.15) is 5.10 Å². The maximum Gasteiger partial charge on any atom is 0.307 e. The van der Waals surface area contributed by atoms with Gasteiger partial charge in [-0.25, -0.2) is 9.07 Å². The first kappa shape index (κ1) is 25.4. The molecule has 190 valence electrons. The van der Waals surface area contributed by atoms with Crippen LogP contribution in [0, 0.1) is 5.92 Å². The molecule has 1 fully saturated rings. The highest BCUT2D eigenvalue weighted by Gasteiger charge is 2.28. The number of hydrogen-bond acceptors (Lipinski definition) is 5. The molecule has 0 bridgehead atoms. The van der Waals surface area contributed by atoms with Crippen LogP contribution in [-0.2, 0) is 15.2 Å². The summed E-state index contributed by atoms with van der Waals surface area (Å²) in [4.78, 5) is 23.6. The lowest BCUT2D eigenvalue weighted by atomic mass is 10.0. The standard InChI is InChI=1S/C28H32FN3O4/c1-28(2,29)22-17-31-32(18-22)23-10-12-24(13-11-23)36-25(16-19-4-5-19)20-6-8-21(9-7-20)27(34)30-15-14-26(33)35-3/h6-13,17-19,25H,4-5,14-16H2,1-3H3,(H,30,34). The van der Waals surface area contributed by atoms with E-state index in [1.807, 2.05) is 36.4 Å². The van der Waals surface area contributed by atoms with Crippen molar-refractivity contribution in [2.24, 2.45) is 5.92 Å². The maximum atomic E-state index is 14.2. The van der Waals surface area contributed by atoms with Crippen LogP contribution in [0.3, 0.4) is 0 Å². The molecule has 3 aromatic rings. The molecule has 2 aromatic carbocycles. The minimum atomic E-state index is -1.45. The molecule has 36 heavy (non-hydrogen) atoms. The second-order valence-corrected chi connectivity index (χ2v) is 9.63. The van der Waals surface area contributed by atoms with E-state index in [-0.39, 0.29) is 30.9 Å². The van der Waals surface area contributed by atoms with Gasteiger partial charge in [0.15, 0.2) is 0 Å². The van der Waals surface area contributed by atoms with Gasteiger partial charge >= 0.3 is 5.97 Å². The van der Waals surface area contributed by atoms with Crippen molar-refractivity contribution in [3.8, 4) is 11.4 Å². The van der Waals surface area contributed by atoms with Crippen molar-refractivity contribution in [2.45, 2.75) is 51.3 Å². The van der Waals surface area contributed by atoms with E-state index in [0.717, 1.165) is 23.4 Å². The second-order valence-electron chi connectivity index (χ2n) is 9.63. The van der Waals surface area contributed by atoms with Crippen LogP contribution >= 0.6 is 0 Å². The number of carbonyl (C=O) groups is 2. The van der Waals surface area contributed by atoms with E-state index in [4.69, 9.17) is 4.74 Å². The van der Waals surface area contributed by atoms with Gasteiger partial charge in [-0.15, -0.1) is 0 Å². The fraction of sp³-hybridized carbons (Fsp3) is 0.393. The molecule has 4 rings (SSSR count). The number of esters is 1. The Labute approximate surface area is 210 Å². The first-order chi connectivity index (χ1) is 17.2. The van der Waals surface area contributed by atoms with Gasteiger partial charge in [-0.05, 0) is 68.1 Å². The molecule has 7 nitrogen and oxygen atoms in total. The molecular weight excluding hydrogens is 461 g/mol. The quantitative estimate of drug-likeness (QED) is 0.367. The molecule has 0 saturated heterocycles. The summed E-state index contributed by atoms with van der Waals surface area (Å²) in [6, 6.07) is 15.0. The summed E-state index contributed by atoms with van der Waals surface area (Å²) in [6.45, 7) is 3.24. The average Bonchev–Trinajstić information content (AvgIpc) is 3.53. The molecule has 0 radical (unpaired) electrons. The largest absolute Gasteiger partial charge is 0.486 e. The zero-order chi connectivity index (χ0) is 25.7. The third-order valence-electron chi connectivity index (χ3n) is 6.28. The number of halogens is 1. The number of nitrogens with zero attached hydrogens (tertiary/aromatic N) is 2. The van der Waals surface area contributed by atoms with Crippen molar-refractivity contribution in [2.75, 3.05) is 13.7 Å². The van der Waals surface area contributed by atoms with Crippen LogP contribution in [0.15, 0.2) is 60.9 Å². The monoisotopic (exact) mass is 493 g/mol. The molecular formula is C28H32FN3O4.